The lowest BCUT2D eigenvalue weighted by molar-refractivity contribution is 0.102. The summed E-state index contributed by atoms with van der Waals surface area (Å²) in [6.07, 6.45) is 7.11. The van der Waals surface area contributed by atoms with Crippen LogP contribution in [0.15, 0.2) is 70.7 Å². The molecule has 1 N–H and O–H groups in total. The molecule has 1 aliphatic rings. The number of anilines is 1. The zero-order valence-corrected chi connectivity index (χ0v) is 22.3. The molecule has 0 saturated heterocycles. The van der Waals surface area contributed by atoms with Gasteiger partial charge in [0.1, 0.15) is 0 Å². The Morgan fingerprint density at radius 3 is 2.58 bits per heavy atom. The maximum Gasteiger partial charge on any atom is 0.262 e. The van der Waals surface area contributed by atoms with Gasteiger partial charge in [-0.2, -0.15) is 0 Å². The molecule has 1 saturated carbocycles. The van der Waals surface area contributed by atoms with Crippen LogP contribution >= 0.6 is 11.8 Å². The molecule has 196 valence electrons. The lowest BCUT2D eigenvalue weighted by Gasteiger charge is -2.26. The Morgan fingerprint density at radius 2 is 1.84 bits per heavy atom. The smallest absolute Gasteiger partial charge is 0.262 e. The number of rotatable bonds is 8. The second kappa shape index (κ2) is 11.7. The molecule has 0 bridgehead atoms. The molecule has 0 aliphatic heterocycles. The number of ether oxygens (including phenoxy) is 2. The van der Waals surface area contributed by atoms with Crippen LogP contribution in [0.4, 0.5) is 5.69 Å². The van der Waals surface area contributed by atoms with Crippen molar-refractivity contribution in [3.8, 4) is 11.5 Å². The second-order valence-electron chi connectivity index (χ2n) is 9.23. The van der Waals surface area contributed by atoms with Gasteiger partial charge in [0.2, 0.25) is 0 Å². The lowest BCUT2D eigenvalue weighted by atomic mass is 9.95. The Labute approximate surface area is 225 Å². The maximum absolute atomic E-state index is 13.7. The fourth-order valence-electron chi connectivity index (χ4n) is 4.82. The highest BCUT2D eigenvalue weighted by molar-refractivity contribution is 7.98. The highest BCUT2D eigenvalue weighted by Gasteiger charge is 2.22. The number of pyridine rings is 1. The van der Waals surface area contributed by atoms with Crippen LogP contribution in [-0.2, 0) is 5.75 Å². The number of fused-ring (bicyclic) bond motifs is 1. The first-order valence-electron chi connectivity index (χ1n) is 12.7. The number of hydrogen-bond donors (Lipinski definition) is 1. The first-order chi connectivity index (χ1) is 18.6. The van der Waals surface area contributed by atoms with Gasteiger partial charge in [-0.05, 0) is 55.3 Å². The molecular formula is C29H30N4O4S. The normalized spacial score (nSPS) is 13.8. The quantitative estimate of drug-likeness (QED) is 0.225. The van der Waals surface area contributed by atoms with E-state index in [0.717, 1.165) is 31.4 Å². The summed E-state index contributed by atoms with van der Waals surface area (Å²) < 4.78 is 12.5. The molecule has 0 spiro atoms. The molecule has 1 fully saturated rings. The van der Waals surface area contributed by atoms with Crippen molar-refractivity contribution in [2.24, 2.45) is 0 Å². The molecule has 8 nitrogen and oxygen atoms in total. The van der Waals surface area contributed by atoms with E-state index >= 15 is 0 Å². The van der Waals surface area contributed by atoms with Gasteiger partial charge in [0.15, 0.2) is 16.7 Å². The van der Waals surface area contributed by atoms with E-state index in [2.05, 4.69) is 10.3 Å². The van der Waals surface area contributed by atoms with Gasteiger partial charge in [-0.3, -0.25) is 19.1 Å². The summed E-state index contributed by atoms with van der Waals surface area (Å²) in [6, 6.07) is 16.2. The van der Waals surface area contributed by atoms with E-state index in [1.807, 2.05) is 22.8 Å². The van der Waals surface area contributed by atoms with Crippen molar-refractivity contribution in [3.63, 3.8) is 0 Å². The van der Waals surface area contributed by atoms with Crippen molar-refractivity contribution in [2.45, 2.75) is 49.1 Å². The van der Waals surface area contributed by atoms with Crippen LogP contribution in [-0.4, -0.2) is 34.7 Å². The third-order valence-corrected chi connectivity index (χ3v) is 7.77. The van der Waals surface area contributed by atoms with E-state index < -0.39 is 0 Å². The molecule has 9 heteroatoms. The van der Waals surface area contributed by atoms with Crippen LogP contribution in [0.2, 0.25) is 0 Å². The molecule has 1 aliphatic carbocycles. The van der Waals surface area contributed by atoms with Crippen molar-refractivity contribution in [1.29, 1.82) is 0 Å². The summed E-state index contributed by atoms with van der Waals surface area (Å²) >= 11 is 1.51. The van der Waals surface area contributed by atoms with Gasteiger partial charge in [-0.25, -0.2) is 4.98 Å². The van der Waals surface area contributed by atoms with E-state index in [1.54, 1.807) is 56.8 Å². The monoisotopic (exact) mass is 530 g/mol. The Balaban J connectivity index is 1.48. The highest BCUT2D eigenvalue weighted by atomic mass is 32.2. The van der Waals surface area contributed by atoms with Gasteiger partial charge in [-0.1, -0.05) is 37.1 Å². The maximum atomic E-state index is 13.7. The summed E-state index contributed by atoms with van der Waals surface area (Å²) in [5.41, 5.74) is 2.35. The first kappa shape index (κ1) is 25.8. The molecular weight excluding hydrogens is 500 g/mol. The second-order valence-corrected chi connectivity index (χ2v) is 10.2. The molecule has 2 heterocycles. The predicted octanol–water partition coefficient (Wildman–Crippen LogP) is 5.86. The Hall–Kier alpha value is -3.85. The number of aromatic nitrogens is 3. The molecule has 0 radical (unpaired) electrons. The molecule has 1 amide bonds. The minimum Gasteiger partial charge on any atom is -0.493 e. The summed E-state index contributed by atoms with van der Waals surface area (Å²) in [6.45, 7) is 0. The number of benzene rings is 2. The molecule has 0 unspecified atom stereocenters. The zero-order chi connectivity index (χ0) is 26.5. The van der Waals surface area contributed by atoms with Gasteiger partial charge in [-0.15, -0.1) is 0 Å². The molecule has 38 heavy (non-hydrogen) atoms. The Bertz CT molecular complexity index is 1500. The number of amides is 1. The predicted molar refractivity (Wildman–Crippen MR) is 149 cm³/mol. The molecule has 4 aromatic rings. The van der Waals surface area contributed by atoms with Crippen LogP contribution in [0.3, 0.4) is 0 Å². The fraction of sp³-hybridized carbons (Fsp3) is 0.310. The number of hydrogen-bond acceptors (Lipinski definition) is 7. The summed E-state index contributed by atoms with van der Waals surface area (Å²) in [4.78, 5) is 36.2. The van der Waals surface area contributed by atoms with Crippen molar-refractivity contribution in [3.05, 3.63) is 82.4 Å². The molecule has 2 aromatic carbocycles. The number of nitrogens with one attached hydrogen (secondary N) is 1. The average molecular weight is 531 g/mol. The third-order valence-electron chi connectivity index (χ3n) is 6.79. The number of thioether (sulfide) groups is 1. The van der Waals surface area contributed by atoms with E-state index in [-0.39, 0.29) is 17.5 Å². The van der Waals surface area contributed by atoms with Crippen molar-refractivity contribution >= 4 is 34.3 Å². The topological polar surface area (TPSA) is 95.3 Å². The summed E-state index contributed by atoms with van der Waals surface area (Å²) in [7, 11) is 3.10. The number of methoxy groups -OCH3 is 2. The molecule has 5 rings (SSSR count). The molecule has 0 atom stereocenters. The van der Waals surface area contributed by atoms with Crippen molar-refractivity contribution < 1.29 is 14.3 Å². The molecule has 2 aromatic heterocycles. The summed E-state index contributed by atoms with van der Waals surface area (Å²) in [5.74, 6) is 1.39. The van der Waals surface area contributed by atoms with Crippen LogP contribution in [0.5, 0.6) is 11.5 Å². The van der Waals surface area contributed by atoms with Crippen molar-refractivity contribution in [1.82, 2.24) is 14.5 Å². The van der Waals surface area contributed by atoms with E-state index in [1.165, 1.54) is 18.2 Å². The third kappa shape index (κ3) is 5.52. The number of carbonyl (C=O) groups excluding carboxylic acids is 1. The first-order valence-corrected chi connectivity index (χ1v) is 13.7. The van der Waals surface area contributed by atoms with Crippen LogP contribution in [0.1, 0.15) is 54.2 Å². The standard InChI is InChI=1S/C29H30N4O4S/c1-36-25-14-12-20(17-26(25)37-2)31-27(34)19-11-13-23-24(16-19)32-29(38-18-21-8-6-7-15-30-21)33(28(23)35)22-9-4-3-5-10-22/h6-8,11-17,22H,3-5,9-10,18H2,1-2H3,(H,31,34). The van der Waals surface area contributed by atoms with E-state index in [9.17, 15) is 9.59 Å². The van der Waals surface area contributed by atoms with Gasteiger partial charge >= 0.3 is 0 Å². The SMILES string of the molecule is COc1ccc(NC(=O)c2ccc3c(=O)n(C4CCCCC4)c(SCc4ccccn4)nc3c2)cc1OC. The lowest BCUT2D eigenvalue weighted by Crippen LogP contribution is -2.29. The van der Waals surface area contributed by atoms with Crippen LogP contribution < -0.4 is 20.3 Å². The largest absolute Gasteiger partial charge is 0.493 e. The minimum atomic E-state index is -0.305. The van der Waals surface area contributed by atoms with Gasteiger partial charge in [0.05, 0.1) is 30.8 Å². The highest BCUT2D eigenvalue weighted by Crippen LogP contribution is 2.33. The Morgan fingerprint density at radius 1 is 1.03 bits per heavy atom. The van der Waals surface area contributed by atoms with Crippen LogP contribution in [0.25, 0.3) is 10.9 Å². The number of carbonyl (C=O) groups is 1. The minimum absolute atomic E-state index is 0.0581. The van der Waals surface area contributed by atoms with E-state index in [0.29, 0.717) is 44.6 Å². The van der Waals surface area contributed by atoms with E-state index in [4.69, 9.17) is 14.5 Å². The van der Waals surface area contributed by atoms with Crippen LogP contribution in [0, 0.1) is 0 Å². The Kier molecular flexibility index (Phi) is 7.93. The fourth-order valence-corrected chi connectivity index (χ4v) is 5.80. The van der Waals surface area contributed by atoms with Crippen molar-refractivity contribution in [2.75, 3.05) is 19.5 Å². The zero-order valence-electron chi connectivity index (χ0n) is 21.5. The van der Waals surface area contributed by atoms with Gasteiger partial charge in [0, 0.05) is 35.3 Å². The number of nitrogens with zero attached hydrogens (tertiary/aromatic N) is 3. The van der Waals surface area contributed by atoms with Gasteiger partial charge in [0.25, 0.3) is 11.5 Å². The van der Waals surface area contributed by atoms with Gasteiger partial charge < -0.3 is 14.8 Å². The average Bonchev–Trinajstić information content (AvgIpc) is 2.96. The summed E-state index contributed by atoms with van der Waals surface area (Å²) in [5, 5.41) is 4.07.